The number of rotatable bonds is 4. The Labute approximate surface area is 87.2 Å². The van der Waals surface area contributed by atoms with Crippen LogP contribution in [0.4, 0.5) is 0 Å². The summed E-state index contributed by atoms with van der Waals surface area (Å²) in [5, 5.41) is 0. The number of hydrogen-bond donors (Lipinski definition) is 1. The van der Waals surface area contributed by atoms with Gasteiger partial charge >= 0.3 is 0 Å². The first-order chi connectivity index (χ1) is 6.69. The van der Waals surface area contributed by atoms with E-state index in [1.54, 1.807) is 0 Å². The molecule has 1 unspecified atom stereocenters. The summed E-state index contributed by atoms with van der Waals surface area (Å²) in [6.45, 7) is 4.23. The van der Waals surface area contributed by atoms with Crippen molar-refractivity contribution in [3.63, 3.8) is 0 Å². The Bertz CT molecular complexity index is 183. The molecule has 0 bridgehead atoms. The molecular weight excluding hydrogens is 174 g/mol. The Balaban J connectivity index is 2.37. The number of carbonyl (C=O) groups excluding carboxylic acids is 1. The second-order valence-corrected chi connectivity index (χ2v) is 4.54. The molecule has 0 aromatic carbocycles. The van der Waals surface area contributed by atoms with Crippen molar-refractivity contribution >= 4 is 5.78 Å². The van der Waals surface area contributed by atoms with Gasteiger partial charge < -0.3 is 5.73 Å². The number of ketones is 1. The largest absolute Gasteiger partial charge is 0.322 e. The van der Waals surface area contributed by atoms with Gasteiger partial charge in [0, 0.05) is 5.92 Å². The van der Waals surface area contributed by atoms with Crippen LogP contribution in [-0.2, 0) is 4.79 Å². The minimum absolute atomic E-state index is 0.210. The van der Waals surface area contributed by atoms with Crippen molar-refractivity contribution in [2.75, 3.05) is 0 Å². The fraction of sp³-hybridized carbons (Fsp3) is 0.917. The molecule has 82 valence electrons. The Morgan fingerprint density at radius 2 is 1.86 bits per heavy atom. The van der Waals surface area contributed by atoms with Gasteiger partial charge in [0.2, 0.25) is 0 Å². The van der Waals surface area contributed by atoms with Crippen LogP contribution in [-0.4, -0.2) is 11.8 Å². The van der Waals surface area contributed by atoms with Gasteiger partial charge in [-0.3, -0.25) is 4.79 Å². The van der Waals surface area contributed by atoms with E-state index in [1.807, 2.05) is 6.92 Å². The van der Waals surface area contributed by atoms with Crippen molar-refractivity contribution in [1.29, 1.82) is 0 Å². The molecule has 0 amide bonds. The van der Waals surface area contributed by atoms with Crippen LogP contribution in [0.1, 0.15) is 52.4 Å². The summed E-state index contributed by atoms with van der Waals surface area (Å²) in [7, 11) is 0. The quantitative estimate of drug-likeness (QED) is 0.752. The monoisotopic (exact) mass is 197 g/mol. The first-order valence-corrected chi connectivity index (χ1v) is 5.98. The van der Waals surface area contributed by atoms with Crippen LogP contribution in [0.15, 0.2) is 0 Å². The van der Waals surface area contributed by atoms with Crippen LogP contribution >= 0.6 is 0 Å². The highest BCUT2D eigenvalue weighted by Crippen LogP contribution is 2.31. The van der Waals surface area contributed by atoms with Gasteiger partial charge in [-0.05, 0) is 38.0 Å². The highest BCUT2D eigenvalue weighted by Gasteiger charge is 2.27. The van der Waals surface area contributed by atoms with Crippen molar-refractivity contribution in [1.82, 2.24) is 0 Å². The zero-order chi connectivity index (χ0) is 10.6. The van der Waals surface area contributed by atoms with Crippen molar-refractivity contribution in [3.8, 4) is 0 Å². The lowest BCUT2D eigenvalue weighted by Gasteiger charge is -2.28. The molecular formula is C12H23NO. The molecule has 1 atom stereocenters. The molecule has 2 heteroatoms. The molecule has 1 fully saturated rings. The molecule has 0 aromatic rings. The van der Waals surface area contributed by atoms with Crippen LogP contribution in [0.2, 0.25) is 0 Å². The predicted octanol–water partition coefficient (Wildman–Crippen LogP) is 2.51. The molecule has 1 saturated carbocycles. The fourth-order valence-corrected chi connectivity index (χ4v) is 2.36. The average molecular weight is 197 g/mol. The van der Waals surface area contributed by atoms with E-state index >= 15 is 0 Å². The summed E-state index contributed by atoms with van der Waals surface area (Å²) in [6.07, 6.45) is 6.65. The van der Waals surface area contributed by atoms with Gasteiger partial charge in [-0.25, -0.2) is 0 Å². The van der Waals surface area contributed by atoms with Crippen molar-refractivity contribution in [2.24, 2.45) is 17.6 Å². The van der Waals surface area contributed by atoms with E-state index in [2.05, 4.69) is 6.92 Å². The van der Waals surface area contributed by atoms with Crippen LogP contribution in [0.5, 0.6) is 0 Å². The standard InChI is InChI=1S/C12H23NO/c1-3-9-5-7-10(8-6-9)12(14)11(13)4-2/h9-11H,3-8,13H2,1-2H3. The molecule has 1 aliphatic carbocycles. The summed E-state index contributed by atoms with van der Waals surface area (Å²) < 4.78 is 0. The minimum Gasteiger partial charge on any atom is -0.322 e. The van der Waals surface area contributed by atoms with E-state index < -0.39 is 0 Å². The number of nitrogens with two attached hydrogens (primary N) is 1. The summed E-state index contributed by atoms with van der Waals surface area (Å²) >= 11 is 0. The maximum absolute atomic E-state index is 11.8. The van der Waals surface area contributed by atoms with Crippen molar-refractivity contribution in [3.05, 3.63) is 0 Å². The lowest BCUT2D eigenvalue weighted by atomic mass is 9.77. The topological polar surface area (TPSA) is 43.1 Å². The van der Waals surface area contributed by atoms with Crippen LogP contribution in [0, 0.1) is 11.8 Å². The van der Waals surface area contributed by atoms with Gasteiger partial charge in [-0.1, -0.05) is 20.3 Å². The smallest absolute Gasteiger partial charge is 0.152 e. The van der Waals surface area contributed by atoms with E-state index in [0.29, 0.717) is 5.78 Å². The van der Waals surface area contributed by atoms with Crippen LogP contribution in [0.3, 0.4) is 0 Å². The minimum atomic E-state index is -0.210. The van der Waals surface area contributed by atoms with Gasteiger partial charge in [0.25, 0.3) is 0 Å². The third kappa shape index (κ3) is 2.81. The lowest BCUT2D eigenvalue weighted by Crippen LogP contribution is -2.36. The first-order valence-electron chi connectivity index (χ1n) is 5.98. The molecule has 2 nitrogen and oxygen atoms in total. The SMILES string of the molecule is CCC1CCC(C(=O)C(N)CC)CC1. The zero-order valence-electron chi connectivity index (χ0n) is 9.46. The average Bonchev–Trinajstić information content (AvgIpc) is 2.27. The maximum Gasteiger partial charge on any atom is 0.152 e. The van der Waals surface area contributed by atoms with E-state index in [4.69, 9.17) is 5.73 Å². The molecule has 0 radical (unpaired) electrons. The van der Waals surface area contributed by atoms with Crippen molar-refractivity contribution in [2.45, 2.75) is 58.4 Å². The number of hydrogen-bond acceptors (Lipinski definition) is 2. The van der Waals surface area contributed by atoms with Crippen LogP contribution < -0.4 is 5.73 Å². The van der Waals surface area contributed by atoms with E-state index in [0.717, 1.165) is 25.2 Å². The first kappa shape index (κ1) is 11.7. The molecule has 0 aliphatic heterocycles. The Morgan fingerprint density at radius 3 is 2.29 bits per heavy atom. The number of Topliss-reactive ketones (excluding diaryl/α,β-unsaturated/α-hetero) is 1. The second kappa shape index (κ2) is 5.50. The van der Waals surface area contributed by atoms with Gasteiger partial charge in [-0.15, -0.1) is 0 Å². The van der Waals surface area contributed by atoms with E-state index in [1.165, 1.54) is 19.3 Å². The molecule has 2 N–H and O–H groups in total. The molecule has 1 aliphatic rings. The summed E-state index contributed by atoms with van der Waals surface area (Å²) in [6, 6.07) is -0.210. The van der Waals surface area contributed by atoms with Crippen LogP contribution in [0.25, 0.3) is 0 Å². The highest BCUT2D eigenvalue weighted by molar-refractivity contribution is 5.86. The zero-order valence-corrected chi connectivity index (χ0v) is 9.46. The summed E-state index contributed by atoms with van der Waals surface area (Å²) in [5.41, 5.74) is 5.76. The van der Waals surface area contributed by atoms with Gasteiger partial charge in [0.15, 0.2) is 5.78 Å². The Morgan fingerprint density at radius 1 is 1.29 bits per heavy atom. The van der Waals surface area contributed by atoms with Gasteiger partial charge in [0.05, 0.1) is 6.04 Å². The Kier molecular flexibility index (Phi) is 4.59. The molecule has 0 spiro atoms. The summed E-state index contributed by atoms with van der Waals surface area (Å²) in [5.74, 6) is 1.44. The summed E-state index contributed by atoms with van der Waals surface area (Å²) in [4.78, 5) is 11.8. The maximum atomic E-state index is 11.8. The van der Waals surface area contributed by atoms with E-state index in [9.17, 15) is 4.79 Å². The fourth-order valence-electron chi connectivity index (χ4n) is 2.36. The molecule has 1 rings (SSSR count). The van der Waals surface area contributed by atoms with Crippen molar-refractivity contribution < 1.29 is 4.79 Å². The normalized spacial score (nSPS) is 29.9. The molecule has 0 saturated heterocycles. The highest BCUT2D eigenvalue weighted by atomic mass is 16.1. The second-order valence-electron chi connectivity index (χ2n) is 4.54. The van der Waals surface area contributed by atoms with Gasteiger partial charge in [-0.2, -0.15) is 0 Å². The third-order valence-electron chi connectivity index (χ3n) is 3.63. The third-order valence-corrected chi connectivity index (χ3v) is 3.63. The predicted molar refractivity (Wildman–Crippen MR) is 59.0 cm³/mol. The lowest BCUT2D eigenvalue weighted by molar-refractivity contribution is -0.125. The molecule has 0 heterocycles. The Hall–Kier alpha value is -0.370. The van der Waals surface area contributed by atoms with E-state index in [-0.39, 0.29) is 12.0 Å². The number of carbonyl (C=O) groups is 1. The molecule has 14 heavy (non-hydrogen) atoms. The molecule has 0 aromatic heterocycles. The van der Waals surface area contributed by atoms with Gasteiger partial charge in [0.1, 0.15) is 0 Å².